The van der Waals surface area contributed by atoms with Gasteiger partial charge in [-0.15, -0.1) is 0 Å². The first kappa shape index (κ1) is 21.0. The number of nitrogens with zero attached hydrogens (tertiary/aromatic N) is 2. The fourth-order valence-electron chi connectivity index (χ4n) is 4.02. The molecule has 3 N–H and O–H groups in total. The van der Waals surface area contributed by atoms with Crippen LogP contribution in [0.2, 0.25) is 0 Å². The molecule has 0 bridgehead atoms. The van der Waals surface area contributed by atoms with Crippen molar-refractivity contribution in [3.8, 4) is 0 Å². The Morgan fingerprint density at radius 2 is 2.03 bits per heavy atom. The minimum Gasteiger partial charge on any atom is -0.390 e. The molecule has 2 fully saturated rings. The van der Waals surface area contributed by atoms with Crippen molar-refractivity contribution in [2.45, 2.75) is 44.1 Å². The molecular weight excluding hydrogens is 384 g/mol. The molecule has 8 nitrogen and oxygen atoms in total. The summed E-state index contributed by atoms with van der Waals surface area (Å²) in [6.45, 7) is 5.07. The number of aliphatic hydroxyl groups excluding tert-OH is 1. The third kappa shape index (κ3) is 5.66. The Balaban J connectivity index is 1.26. The van der Waals surface area contributed by atoms with Gasteiger partial charge in [0.05, 0.1) is 24.4 Å². The minimum atomic E-state index is -0.585. The Kier molecular flexibility index (Phi) is 7.11. The number of benzene rings is 1. The van der Waals surface area contributed by atoms with E-state index in [0.29, 0.717) is 18.4 Å². The van der Waals surface area contributed by atoms with E-state index in [1.165, 1.54) is 0 Å². The molecule has 1 amide bonds. The van der Waals surface area contributed by atoms with Gasteiger partial charge in [-0.2, -0.15) is 0 Å². The third-order valence-electron chi connectivity index (χ3n) is 5.71. The van der Waals surface area contributed by atoms with E-state index in [9.17, 15) is 9.90 Å². The maximum Gasteiger partial charge on any atom is 0.251 e. The van der Waals surface area contributed by atoms with Crippen LogP contribution in [-0.4, -0.2) is 72.1 Å². The van der Waals surface area contributed by atoms with Gasteiger partial charge in [-0.3, -0.25) is 9.69 Å². The molecule has 1 aromatic carbocycles. The topological polar surface area (TPSA) is 99.9 Å². The Morgan fingerprint density at radius 1 is 1.23 bits per heavy atom. The molecule has 0 unspecified atom stereocenters. The van der Waals surface area contributed by atoms with Gasteiger partial charge >= 0.3 is 0 Å². The fraction of sp³-hybridized carbons (Fsp3) is 0.545. The van der Waals surface area contributed by atoms with E-state index >= 15 is 0 Å². The summed E-state index contributed by atoms with van der Waals surface area (Å²) >= 11 is 0. The van der Waals surface area contributed by atoms with Gasteiger partial charge in [0.2, 0.25) is 0 Å². The van der Waals surface area contributed by atoms with Crippen molar-refractivity contribution in [3.05, 3.63) is 53.4 Å². The molecule has 30 heavy (non-hydrogen) atoms. The highest BCUT2D eigenvalue weighted by Crippen LogP contribution is 2.23. The molecule has 2 aliphatic heterocycles. The van der Waals surface area contributed by atoms with Gasteiger partial charge in [-0.25, -0.2) is 0 Å². The number of carbonyl (C=O) groups is 1. The van der Waals surface area contributed by atoms with Crippen molar-refractivity contribution >= 4 is 5.91 Å². The van der Waals surface area contributed by atoms with E-state index in [0.717, 1.165) is 50.6 Å². The number of aromatic nitrogens is 1. The van der Waals surface area contributed by atoms with Gasteiger partial charge in [-0.1, -0.05) is 23.4 Å². The quantitative estimate of drug-likeness (QED) is 0.621. The number of hydrogen-bond donors (Lipinski definition) is 3. The van der Waals surface area contributed by atoms with Crippen molar-refractivity contribution in [2.75, 3.05) is 32.7 Å². The normalized spacial score (nSPS) is 25.2. The summed E-state index contributed by atoms with van der Waals surface area (Å²) in [4.78, 5) is 14.6. The zero-order chi connectivity index (χ0) is 20.8. The number of rotatable bonds is 7. The van der Waals surface area contributed by atoms with Crippen LogP contribution in [-0.2, 0) is 17.7 Å². The first-order valence-corrected chi connectivity index (χ1v) is 10.7. The van der Waals surface area contributed by atoms with E-state index in [1.807, 2.05) is 24.3 Å². The Labute approximate surface area is 176 Å². The van der Waals surface area contributed by atoms with Gasteiger partial charge in [0.1, 0.15) is 6.10 Å². The number of amides is 1. The van der Waals surface area contributed by atoms with Crippen LogP contribution in [0.1, 0.15) is 34.7 Å². The molecule has 1 aromatic heterocycles. The Hall–Kier alpha value is -2.26. The number of ether oxygens (including phenoxy) is 1. The van der Waals surface area contributed by atoms with Crippen LogP contribution in [0, 0.1) is 0 Å². The molecule has 0 radical (unpaired) electrons. The number of nitrogens with one attached hydrogen (secondary N) is 2. The average molecular weight is 415 g/mol. The lowest BCUT2D eigenvalue weighted by Gasteiger charge is -2.33. The van der Waals surface area contributed by atoms with Gasteiger partial charge in [0.25, 0.3) is 5.91 Å². The molecule has 3 atom stereocenters. The number of carbonyl (C=O) groups excluding carboxylic acids is 1. The monoisotopic (exact) mass is 414 g/mol. The van der Waals surface area contributed by atoms with E-state index in [1.54, 1.807) is 12.1 Å². The lowest BCUT2D eigenvalue weighted by atomic mass is 9.98. The molecule has 0 spiro atoms. The van der Waals surface area contributed by atoms with Crippen LogP contribution < -0.4 is 10.6 Å². The van der Waals surface area contributed by atoms with Crippen LogP contribution >= 0.6 is 0 Å². The van der Waals surface area contributed by atoms with E-state index < -0.39 is 12.2 Å². The number of hydrogen-bond acceptors (Lipinski definition) is 7. The molecule has 4 rings (SSSR count). The van der Waals surface area contributed by atoms with E-state index in [-0.39, 0.29) is 18.6 Å². The fourth-order valence-corrected chi connectivity index (χ4v) is 4.02. The van der Waals surface area contributed by atoms with Crippen LogP contribution in [0.25, 0.3) is 0 Å². The molecule has 2 saturated heterocycles. The summed E-state index contributed by atoms with van der Waals surface area (Å²) in [6.07, 6.45) is 0.971. The highest BCUT2D eigenvalue weighted by molar-refractivity contribution is 5.94. The van der Waals surface area contributed by atoms with Crippen LogP contribution in [0.4, 0.5) is 0 Å². The highest BCUT2D eigenvalue weighted by atomic mass is 16.5. The van der Waals surface area contributed by atoms with Crippen molar-refractivity contribution < 1.29 is 19.2 Å². The Morgan fingerprint density at radius 3 is 2.83 bits per heavy atom. The van der Waals surface area contributed by atoms with E-state index in [4.69, 9.17) is 9.26 Å². The van der Waals surface area contributed by atoms with Crippen molar-refractivity contribution in [1.82, 2.24) is 20.7 Å². The predicted molar refractivity (Wildman–Crippen MR) is 111 cm³/mol. The zero-order valence-electron chi connectivity index (χ0n) is 17.1. The molecule has 0 aliphatic carbocycles. The second kappa shape index (κ2) is 10.2. The van der Waals surface area contributed by atoms with Gasteiger partial charge in [0, 0.05) is 50.8 Å². The van der Waals surface area contributed by atoms with Crippen LogP contribution in [0.15, 0.2) is 40.9 Å². The van der Waals surface area contributed by atoms with Gasteiger partial charge < -0.3 is 25.0 Å². The maximum atomic E-state index is 12.3. The van der Waals surface area contributed by atoms with Gasteiger partial charge in [-0.05, 0) is 25.0 Å². The standard InChI is InChI=1S/C22H30N4O4/c27-20-7-6-18(29-21(20)14-24-22(28)16-4-2-1-3-5-16)12-17-13-19(30-25-17)15-26-10-8-23-9-11-26/h1-5,13,18,20-21,23,27H,6-12,14-15H2,(H,24,28)/t18-,20-,21+/m0/s1. The molecule has 2 aromatic rings. The highest BCUT2D eigenvalue weighted by Gasteiger charge is 2.31. The first-order valence-electron chi connectivity index (χ1n) is 10.7. The lowest BCUT2D eigenvalue weighted by molar-refractivity contribution is -0.114. The van der Waals surface area contributed by atoms with Gasteiger partial charge in [0.15, 0.2) is 5.76 Å². The number of aliphatic hydroxyl groups is 1. The third-order valence-corrected chi connectivity index (χ3v) is 5.71. The average Bonchev–Trinajstić information content (AvgIpc) is 3.21. The largest absolute Gasteiger partial charge is 0.390 e. The molecule has 162 valence electrons. The summed E-state index contributed by atoms with van der Waals surface area (Å²) in [5, 5.41) is 20.7. The van der Waals surface area contributed by atoms with Crippen LogP contribution in [0.3, 0.4) is 0 Å². The predicted octanol–water partition coefficient (Wildman–Crippen LogP) is 0.961. The second-order valence-corrected chi connectivity index (χ2v) is 8.03. The molecule has 0 saturated carbocycles. The SMILES string of the molecule is O=C(NC[C@H]1O[C@H](Cc2cc(CN3CCNCC3)on2)CC[C@@H]1O)c1ccccc1. The zero-order valence-corrected chi connectivity index (χ0v) is 17.1. The lowest BCUT2D eigenvalue weighted by Crippen LogP contribution is -2.46. The smallest absolute Gasteiger partial charge is 0.251 e. The summed E-state index contributed by atoms with van der Waals surface area (Å²) in [5.74, 6) is 0.706. The summed E-state index contributed by atoms with van der Waals surface area (Å²) in [5.41, 5.74) is 1.47. The molecule has 8 heteroatoms. The van der Waals surface area contributed by atoms with Crippen LogP contribution in [0.5, 0.6) is 0 Å². The first-order chi connectivity index (χ1) is 14.7. The second-order valence-electron chi connectivity index (χ2n) is 8.03. The summed E-state index contributed by atoms with van der Waals surface area (Å²) in [6, 6.07) is 11.0. The van der Waals surface area contributed by atoms with Crippen molar-refractivity contribution in [3.63, 3.8) is 0 Å². The van der Waals surface area contributed by atoms with Crippen molar-refractivity contribution in [2.24, 2.45) is 0 Å². The molecule has 2 aliphatic rings. The van der Waals surface area contributed by atoms with E-state index in [2.05, 4.69) is 20.7 Å². The minimum absolute atomic E-state index is 0.0517. The maximum absolute atomic E-state index is 12.3. The molecular formula is C22H30N4O4. The van der Waals surface area contributed by atoms with Crippen molar-refractivity contribution in [1.29, 1.82) is 0 Å². The number of piperazine rings is 1. The summed E-state index contributed by atoms with van der Waals surface area (Å²) in [7, 11) is 0. The Bertz CT molecular complexity index is 806. The molecule has 3 heterocycles. The summed E-state index contributed by atoms with van der Waals surface area (Å²) < 4.78 is 11.6.